The molecule has 1 aromatic heterocycles. The Morgan fingerprint density at radius 1 is 1.47 bits per heavy atom. The van der Waals surface area contributed by atoms with Gasteiger partial charge >= 0.3 is 0 Å². The molecule has 1 atom stereocenters. The first kappa shape index (κ1) is 10.6. The summed E-state index contributed by atoms with van der Waals surface area (Å²) in [7, 11) is 0. The van der Waals surface area contributed by atoms with Crippen LogP contribution >= 0.6 is 12.2 Å². The molecule has 4 nitrogen and oxygen atoms in total. The number of halogens is 1. The zero-order valence-corrected chi connectivity index (χ0v) is 9.71. The van der Waals surface area contributed by atoms with Crippen molar-refractivity contribution in [3.63, 3.8) is 0 Å². The first-order valence-corrected chi connectivity index (χ1v) is 5.61. The standard InChI is InChI=1S/C11H10FN3OS/c12-9-3-1-8(2-4-9)11(6-16-11)5-15-10(17)13-7-14-15/h1-4,7H,5-6H2,(H,13,14,17). The highest BCUT2D eigenvalue weighted by molar-refractivity contribution is 7.71. The normalized spacial score (nSPS) is 22.6. The molecule has 1 unspecified atom stereocenters. The fraction of sp³-hybridized carbons (Fsp3) is 0.273. The van der Waals surface area contributed by atoms with Crippen LogP contribution in [0.25, 0.3) is 0 Å². The molecule has 0 bridgehead atoms. The van der Waals surface area contributed by atoms with Gasteiger partial charge in [0.1, 0.15) is 17.7 Å². The summed E-state index contributed by atoms with van der Waals surface area (Å²) in [5.74, 6) is -0.247. The number of hydrogen-bond acceptors (Lipinski definition) is 3. The highest BCUT2D eigenvalue weighted by atomic mass is 32.1. The number of aromatic amines is 1. The van der Waals surface area contributed by atoms with Crippen LogP contribution in [0.15, 0.2) is 30.6 Å². The van der Waals surface area contributed by atoms with Crippen LogP contribution in [0.4, 0.5) is 4.39 Å². The van der Waals surface area contributed by atoms with Crippen LogP contribution in [-0.2, 0) is 16.9 Å². The molecule has 0 radical (unpaired) electrons. The molecule has 2 heterocycles. The molecule has 3 rings (SSSR count). The van der Waals surface area contributed by atoms with E-state index in [4.69, 9.17) is 17.0 Å². The summed E-state index contributed by atoms with van der Waals surface area (Å²) < 4.78 is 20.6. The van der Waals surface area contributed by atoms with Crippen LogP contribution in [-0.4, -0.2) is 21.4 Å². The molecule has 88 valence electrons. The van der Waals surface area contributed by atoms with Gasteiger partial charge in [-0.1, -0.05) is 12.1 Å². The number of benzene rings is 1. The van der Waals surface area contributed by atoms with Crippen molar-refractivity contribution in [2.45, 2.75) is 12.1 Å². The summed E-state index contributed by atoms with van der Waals surface area (Å²) in [5.41, 5.74) is 0.564. The molecule has 0 amide bonds. The van der Waals surface area contributed by atoms with Crippen molar-refractivity contribution in [1.82, 2.24) is 14.8 Å². The van der Waals surface area contributed by atoms with E-state index in [1.54, 1.807) is 23.1 Å². The minimum Gasteiger partial charge on any atom is -0.362 e. The van der Waals surface area contributed by atoms with E-state index in [2.05, 4.69) is 10.1 Å². The highest BCUT2D eigenvalue weighted by Gasteiger charge is 2.47. The maximum atomic E-state index is 12.9. The van der Waals surface area contributed by atoms with Gasteiger partial charge in [-0.25, -0.2) is 9.37 Å². The van der Waals surface area contributed by atoms with Crippen molar-refractivity contribution >= 4 is 12.2 Å². The first-order valence-electron chi connectivity index (χ1n) is 5.20. The van der Waals surface area contributed by atoms with E-state index in [9.17, 15) is 4.39 Å². The Hall–Kier alpha value is -1.53. The van der Waals surface area contributed by atoms with Crippen molar-refractivity contribution in [3.8, 4) is 0 Å². The third-order valence-corrected chi connectivity index (χ3v) is 3.22. The lowest BCUT2D eigenvalue weighted by Crippen LogP contribution is -2.18. The van der Waals surface area contributed by atoms with Crippen molar-refractivity contribution in [3.05, 3.63) is 46.7 Å². The minimum absolute atomic E-state index is 0.247. The van der Waals surface area contributed by atoms with Crippen molar-refractivity contribution in [2.75, 3.05) is 6.61 Å². The monoisotopic (exact) mass is 251 g/mol. The molecule has 2 aromatic rings. The Morgan fingerprint density at radius 3 is 2.71 bits per heavy atom. The van der Waals surface area contributed by atoms with Crippen molar-refractivity contribution in [1.29, 1.82) is 0 Å². The summed E-state index contributed by atoms with van der Waals surface area (Å²) >= 11 is 5.06. The second-order valence-electron chi connectivity index (χ2n) is 4.05. The predicted octanol–water partition coefficient (Wildman–Crippen LogP) is 2.01. The van der Waals surface area contributed by atoms with E-state index in [0.717, 1.165) is 5.56 Å². The first-order chi connectivity index (χ1) is 8.20. The molecular formula is C11H10FN3OS. The number of hydrogen-bond donors (Lipinski definition) is 1. The molecule has 1 fully saturated rings. The summed E-state index contributed by atoms with van der Waals surface area (Å²) in [6.07, 6.45) is 1.54. The largest absolute Gasteiger partial charge is 0.362 e. The average molecular weight is 251 g/mol. The molecular weight excluding hydrogens is 241 g/mol. The second-order valence-corrected chi connectivity index (χ2v) is 4.41. The third-order valence-electron chi connectivity index (χ3n) is 2.90. The Labute approximate surface area is 102 Å². The maximum absolute atomic E-state index is 12.9. The molecule has 1 aliphatic heterocycles. The van der Waals surface area contributed by atoms with Crippen LogP contribution in [0.2, 0.25) is 0 Å². The number of aromatic nitrogens is 3. The lowest BCUT2D eigenvalue weighted by molar-refractivity contribution is 0.268. The molecule has 0 saturated carbocycles. The summed E-state index contributed by atoms with van der Waals surface area (Å²) in [4.78, 5) is 3.94. The topological polar surface area (TPSA) is 46.1 Å². The van der Waals surface area contributed by atoms with Gasteiger partial charge in [0.25, 0.3) is 0 Å². The Morgan fingerprint density at radius 2 is 2.18 bits per heavy atom. The van der Waals surface area contributed by atoms with Crippen LogP contribution in [0.1, 0.15) is 5.56 Å². The number of H-pyrrole nitrogens is 1. The molecule has 1 aromatic carbocycles. The number of ether oxygens (including phenoxy) is 1. The van der Waals surface area contributed by atoms with Gasteiger partial charge in [-0.2, -0.15) is 0 Å². The van der Waals surface area contributed by atoms with E-state index in [-0.39, 0.29) is 5.82 Å². The van der Waals surface area contributed by atoms with Gasteiger partial charge in [-0.15, -0.1) is 0 Å². The summed E-state index contributed by atoms with van der Waals surface area (Å²) in [5, 5.41) is 2.93. The molecule has 17 heavy (non-hydrogen) atoms. The molecule has 6 heteroatoms. The fourth-order valence-electron chi connectivity index (χ4n) is 1.84. The lowest BCUT2D eigenvalue weighted by atomic mass is 10.0. The van der Waals surface area contributed by atoms with E-state index >= 15 is 0 Å². The molecule has 0 spiro atoms. The zero-order valence-electron chi connectivity index (χ0n) is 8.89. The fourth-order valence-corrected chi connectivity index (χ4v) is 2.01. The van der Waals surface area contributed by atoms with Gasteiger partial charge in [0.15, 0.2) is 0 Å². The van der Waals surface area contributed by atoms with Crippen LogP contribution in [0.3, 0.4) is 0 Å². The molecule has 1 aliphatic rings. The SMILES string of the molecule is Fc1ccc(C2(Cn3[nH]cnc3=S)CO2)cc1. The number of nitrogens with one attached hydrogen (secondary N) is 1. The number of rotatable bonds is 3. The van der Waals surface area contributed by atoms with E-state index in [1.165, 1.54) is 12.1 Å². The van der Waals surface area contributed by atoms with E-state index < -0.39 is 5.60 Å². The highest BCUT2D eigenvalue weighted by Crippen LogP contribution is 2.40. The minimum atomic E-state index is -0.390. The van der Waals surface area contributed by atoms with Gasteiger partial charge in [-0.3, -0.25) is 9.78 Å². The third kappa shape index (κ3) is 1.89. The van der Waals surface area contributed by atoms with Crippen molar-refractivity contribution < 1.29 is 9.13 Å². The Kier molecular flexibility index (Phi) is 2.34. The molecule has 1 saturated heterocycles. The lowest BCUT2D eigenvalue weighted by Gasteiger charge is -2.12. The quantitative estimate of drug-likeness (QED) is 0.670. The maximum Gasteiger partial charge on any atom is 0.215 e. The zero-order chi connectivity index (χ0) is 11.9. The molecule has 1 N–H and O–H groups in total. The summed E-state index contributed by atoms with van der Waals surface area (Å²) in [6.45, 7) is 1.18. The van der Waals surface area contributed by atoms with Crippen LogP contribution in [0, 0.1) is 10.6 Å². The molecule has 0 aliphatic carbocycles. The van der Waals surface area contributed by atoms with Gasteiger partial charge < -0.3 is 4.74 Å². The van der Waals surface area contributed by atoms with Crippen LogP contribution in [0.5, 0.6) is 0 Å². The van der Waals surface area contributed by atoms with Crippen molar-refractivity contribution in [2.24, 2.45) is 0 Å². The van der Waals surface area contributed by atoms with E-state index in [1.807, 2.05) is 0 Å². The second kappa shape index (κ2) is 3.75. The Bertz CT molecular complexity index is 585. The number of nitrogens with zero attached hydrogens (tertiary/aromatic N) is 2. The van der Waals surface area contributed by atoms with Gasteiger partial charge in [0, 0.05) is 0 Å². The smallest absolute Gasteiger partial charge is 0.215 e. The average Bonchev–Trinajstić information content (AvgIpc) is 2.99. The van der Waals surface area contributed by atoms with Crippen LogP contribution < -0.4 is 0 Å². The van der Waals surface area contributed by atoms with Gasteiger partial charge in [0.05, 0.1) is 13.2 Å². The summed E-state index contributed by atoms with van der Waals surface area (Å²) in [6, 6.07) is 6.35. The van der Waals surface area contributed by atoms with E-state index in [0.29, 0.717) is 17.9 Å². The van der Waals surface area contributed by atoms with Gasteiger partial charge in [-0.05, 0) is 29.9 Å². The Balaban J connectivity index is 1.90. The number of epoxide rings is 1. The van der Waals surface area contributed by atoms with Gasteiger partial charge in [0.2, 0.25) is 4.77 Å². The predicted molar refractivity (Wildman–Crippen MR) is 61.4 cm³/mol.